The minimum atomic E-state index is 0.805. The number of para-hydroxylation sites is 1. The third kappa shape index (κ3) is 2.74. The minimum absolute atomic E-state index is 0.805. The van der Waals surface area contributed by atoms with Gasteiger partial charge in [0.15, 0.2) is 0 Å². The van der Waals surface area contributed by atoms with Crippen molar-refractivity contribution in [3.63, 3.8) is 0 Å². The molecule has 2 aromatic rings. The van der Waals surface area contributed by atoms with E-state index in [-0.39, 0.29) is 0 Å². The normalized spacial score (nSPS) is 13.2. The first kappa shape index (κ1) is 11.3. The van der Waals surface area contributed by atoms with Crippen molar-refractivity contribution in [2.45, 2.75) is 0 Å². The van der Waals surface area contributed by atoms with Gasteiger partial charge < -0.3 is 4.74 Å². The molecule has 94 valence electrons. The Balaban J connectivity index is 1.72. The number of aliphatic imine (C=N–C) groups is 1. The van der Waals surface area contributed by atoms with Gasteiger partial charge in [0.1, 0.15) is 17.8 Å². The molecule has 0 saturated carbocycles. The predicted octanol–water partition coefficient (Wildman–Crippen LogP) is 3.30. The van der Waals surface area contributed by atoms with E-state index in [1.165, 1.54) is 0 Å². The molecule has 0 saturated heterocycles. The van der Waals surface area contributed by atoms with Crippen molar-refractivity contribution in [1.82, 2.24) is 5.43 Å². The van der Waals surface area contributed by atoms with Crippen LogP contribution in [0.1, 0.15) is 0 Å². The highest BCUT2D eigenvalue weighted by atomic mass is 16.5. The molecule has 2 aromatic carbocycles. The number of nitrogens with one attached hydrogen (secondary N) is 1. The van der Waals surface area contributed by atoms with Gasteiger partial charge in [-0.3, -0.25) is 5.43 Å². The molecule has 0 bridgehead atoms. The molecule has 1 aliphatic rings. The Morgan fingerprint density at radius 3 is 2.32 bits per heavy atom. The standard InChI is InChI=1S/C15H13N3O/c1-2-4-14(5-3-1)19-15-8-6-13(7-9-15)18-12-16-10-11-17-18/h1-12,17H. The second-order valence-electron chi connectivity index (χ2n) is 3.99. The van der Waals surface area contributed by atoms with Crippen LogP contribution in [0.4, 0.5) is 5.69 Å². The van der Waals surface area contributed by atoms with E-state index in [2.05, 4.69) is 10.4 Å². The van der Waals surface area contributed by atoms with Crippen molar-refractivity contribution in [3.05, 3.63) is 67.0 Å². The maximum atomic E-state index is 5.73. The van der Waals surface area contributed by atoms with Crippen molar-refractivity contribution in [3.8, 4) is 11.5 Å². The Morgan fingerprint density at radius 1 is 0.895 bits per heavy atom. The van der Waals surface area contributed by atoms with E-state index in [0.717, 1.165) is 17.2 Å². The molecule has 1 heterocycles. The maximum absolute atomic E-state index is 5.73. The number of rotatable bonds is 3. The fourth-order valence-electron chi connectivity index (χ4n) is 1.74. The van der Waals surface area contributed by atoms with Gasteiger partial charge in [-0.05, 0) is 36.4 Å². The summed E-state index contributed by atoms with van der Waals surface area (Å²) in [6, 6.07) is 17.5. The summed E-state index contributed by atoms with van der Waals surface area (Å²) in [5.74, 6) is 1.63. The molecule has 19 heavy (non-hydrogen) atoms. The Labute approximate surface area is 111 Å². The summed E-state index contributed by atoms with van der Waals surface area (Å²) in [5, 5.41) is 1.83. The first-order valence-corrected chi connectivity index (χ1v) is 5.98. The van der Waals surface area contributed by atoms with Crippen LogP contribution in [0.15, 0.2) is 72.0 Å². The Kier molecular flexibility index (Phi) is 3.14. The van der Waals surface area contributed by atoms with Gasteiger partial charge in [-0.25, -0.2) is 10.0 Å². The lowest BCUT2D eigenvalue weighted by Gasteiger charge is -2.21. The van der Waals surface area contributed by atoms with Crippen molar-refractivity contribution in [2.24, 2.45) is 4.99 Å². The van der Waals surface area contributed by atoms with E-state index < -0.39 is 0 Å². The number of anilines is 1. The van der Waals surface area contributed by atoms with Crippen molar-refractivity contribution in [1.29, 1.82) is 0 Å². The second kappa shape index (κ2) is 5.27. The van der Waals surface area contributed by atoms with Crippen LogP contribution in [0.25, 0.3) is 0 Å². The van der Waals surface area contributed by atoms with Crippen molar-refractivity contribution >= 4 is 12.0 Å². The summed E-state index contributed by atoms with van der Waals surface area (Å²) in [6.07, 6.45) is 5.19. The topological polar surface area (TPSA) is 36.9 Å². The van der Waals surface area contributed by atoms with E-state index in [4.69, 9.17) is 4.74 Å². The zero-order chi connectivity index (χ0) is 12.9. The molecule has 3 rings (SSSR count). The number of benzene rings is 2. The van der Waals surface area contributed by atoms with Gasteiger partial charge in [-0.15, -0.1) is 0 Å². The SMILES string of the molecule is C1=CNN(c2ccc(Oc3ccccc3)cc2)C=N1. The number of nitrogens with zero attached hydrogens (tertiary/aromatic N) is 2. The Bertz CT molecular complexity index is 591. The van der Waals surface area contributed by atoms with Gasteiger partial charge >= 0.3 is 0 Å². The van der Waals surface area contributed by atoms with Crippen molar-refractivity contribution in [2.75, 3.05) is 5.01 Å². The second-order valence-corrected chi connectivity index (χ2v) is 3.99. The first-order valence-electron chi connectivity index (χ1n) is 5.98. The highest BCUT2D eigenvalue weighted by Crippen LogP contribution is 2.23. The van der Waals surface area contributed by atoms with Gasteiger partial charge in [-0.2, -0.15) is 0 Å². The van der Waals surface area contributed by atoms with Crippen LogP contribution in [-0.4, -0.2) is 6.34 Å². The quantitative estimate of drug-likeness (QED) is 0.909. The van der Waals surface area contributed by atoms with Crippen LogP contribution in [0.5, 0.6) is 11.5 Å². The van der Waals surface area contributed by atoms with Gasteiger partial charge in [-0.1, -0.05) is 18.2 Å². The Morgan fingerprint density at radius 2 is 1.63 bits per heavy atom. The maximum Gasteiger partial charge on any atom is 0.127 e. The lowest BCUT2D eigenvalue weighted by Crippen LogP contribution is -2.34. The summed E-state index contributed by atoms with van der Waals surface area (Å²) < 4.78 is 5.73. The fourth-order valence-corrected chi connectivity index (χ4v) is 1.74. The summed E-state index contributed by atoms with van der Waals surface area (Å²) in [5.41, 5.74) is 4.06. The Hall–Kier alpha value is -2.75. The van der Waals surface area contributed by atoms with Gasteiger partial charge in [0.2, 0.25) is 0 Å². The number of ether oxygens (including phenoxy) is 1. The highest BCUT2D eigenvalue weighted by Gasteiger charge is 2.04. The molecule has 0 spiro atoms. The predicted molar refractivity (Wildman–Crippen MR) is 76.2 cm³/mol. The molecule has 0 radical (unpaired) electrons. The van der Waals surface area contributed by atoms with Gasteiger partial charge in [0.05, 0.1) is 5.69 Å². The third-order valence-electron chi connectivity index (χ3n) is 2.65. The monoisotopic (exact) mass is 251 g/mol. The lowest BCUT2D eigenvalue weighted by molar-refractivity contribution is 0.482. The minimum Gasteiger partial charge on any atom is -0.457 e. The molecule has 4 heteroatoms. The summed E-state index contributed by atoms with van der Waals surface area (Å²) in [6.45, 7) is 0. The summed E-state index contributed by atoms with van der Waals surface area (Å²) in [4.78, 5) is 4.05. The van der Waals surface area contributed by atoms with E-state index in [1.807, 2.05) is 59.6 Å². The molecule has 1 N–H and O–H groups in total. The van der Waals surface area contributed by atoms with Gasteiger partial charge in [0.25, 0.3) is 0 Å². The fraction of sp³-hybridized carbons (Fsp3) is 0. The number of hydrogen-bond donors (Lipinski definition) is 1. The molecule has 1 aliphatic heterocycles. The number of hydrogen-bond acceptors (Lipinski definition) is 4. The molecular formula is C15H13N3O. The first-order chi connectivity index (χ1) is 9.42. The molecule has 0 fully saturated rings. The zero-order valence-corrected chi connectivity index (χ0v) is 10.2. The highest BCUT2D eigenvalue weighted by molar-refractivity contribution is 5.79. The summed E-state index contributed by atoms with van der Waals surface area (Å²) in [7, 11) is 0. The smallest absolute Gasteiger partial charge is 0.127 e. The average molecular weight is 251 g/mol. The molecule has 0 aliphatic carbocycles. The van der Waals surface area contributed by atoms with Crippen LogP contribution in [0.2, 0.25) is 0 Å². The third-order valence-corrected chi connectivity index (χ3v) is 2.65. The van der Waals surface area contributed by atoms with Crippen LogP contribution >= 0.6 is 0 Å². The van der Waals surface area contributed by atoms with Crippen molar-refractivity contribution < 1.29 is 4.74 Å². The van der Waals surface area contributed by atoms with Crippen LogP contribution in [-0.2, 0) is 0 Å². The molecular weight excluding hydrogens is 238 g/mol. The average Bonchev–Trinajstić information content (AvgIpc) is 2.50. The summed E-state index contributed by atoms with van der Waals surface area (Å²) >= 11 is 0. The molecule has 0 amide bonds. The van der Waals surface area contributed by atoms with Crippen LogP contribution in [0, 0.1) is 0 Å². The van der Waals surface area contributed by atoms with Crippen LogP contribution < -0.4 is 15.2 Å². The van der Waals surface area contributed by atoms with E-state index in [1.54, 1.807) is 18.7 Å². The molecule has 0 aromatic heterocycles. The molecule has 0 atom stereocenters. The van der Waals surface area contributed by atoms with E-state index in [0.29, 0.717) is 0 Å². The largest absolute Gasteiger partial charge is 0.457 e. The van der Waals surface area contributed by atoms with E-state index >= 15 is 0 Å². The molecule has 4 nitrogen and oxygen atoms in total. The zero-order valence-electron chi connectivity index (χ0n) is 10.2. The van der Waals surface area contributed by atoms with Crippen LogP contribution in [0.3, 0.4) is 0 Å². The molecule has 0 unspecified atom stereocenters. The van der Waals surface area contributed by atoms with Gasteiger partial charge in [0, 0.05) is 12.4 Å². The van der Waals surface area contributed by atoms with E-state index in [9.17, 15) is 0 Å². The number of hydrazine groups is 1. The lowest BCUT2D eigenvalue weighted by atomic mass is 10.3.